The molecule has 2 N–H and O–H groups in total. The zero-order valence-corrected chi connectivity index (χ0v) is 14.2. The number of nitrogens with one attached hydrogen (secondary N) is 2. The van der Waals surface area contributed by atoms with Crippen LogP contribution in [0.25, 0.3) is 5.57 Å². The number of hydrogen-bond acceptors (Lipinski definition) is 4. The molecule has 0 aliphatic rings. The van der Waals surface area contributed by atoms with E-state index in [-0.39, 0.29) is 5.91 Å². The lowest BCUT2D eigenvalue weighted by atomic mass is 10.2. The molecule has 1 amide bonds. The third-order valence-corrected chi connectivity index (χ3v) is 3.65. The lowest BCUT2D eigenvalue weighted by Crippen LogP contribution is -2.14. The van der Waals surface area contributed by atoms with Gasteiger partial charge < -0.3 is 15.2 Å². The molecule has 0 saturated carbocycles. The normalized spacial score (nSPS) is 11.2. The predicted octanol–water partition coefficient (Wildman–Crippen LogP) is 4.73. The van der Waals surface area contributed by atoms with Gasteiger partial charge in [-0.1, -0.05) is 35.0 Å². The Labute approximate surface area is 150 Å². The number of benzene rings is 2. The van der Waals surface area contributed by atoms with Crippen molar-refractivity contribution in [3.05, 3.63) is 83.3 Å². The summed E-state index contributed by atoms with van der Waals surface area (Å²) >= 11 is 5.88. The van der Waals surface area contributed by atoms with Crippen molar-refractivity contribution in [3.8, 4) is 0 Å². The second-order valence-electron chi connectivity index (χ2n) is 5.36. The van der Waals surface area contributed by atoms with Gasteiger partial charge in [0.25, 0.3) is 5.91 Å². The zero-order chi connectivity index (χ0) is 17.6. The van der Waals surface area contributed by atoms with E-state index in [0.717, 1.165) is 5.69 Å². The van der Waals surface area contributed by atoms with Crippen LogP contribution in [0.5, 0.6) is 0 Å². The predicted molar refractivity (Wildman–Crippen MR) is 99.4 cm³/mol. The molecule has 3 rings (SSSR count). The number of halogens is 1. The summed E-state index contributed by atoms with van der Waals surface area (Å²) in [6.45, 7) is 1.80. The van der Waals surface area contributed by atoms with E-state index in [1.165, 1.54) is 0 Å². The number of aromatic nitrogens is 1. The third kappa shape index (κ3) is 4.49. The number of para-hydroxylation sites is 1. The average Bonchev–Trinajstić information content (AvgIpc) is 3.04. The smallest absolute Gasteiger partial charge is 0.261 e. The summed E-state index contributed by atoms with van der Waals surface area (Å²) in [5.74, 6) is 0.0798. The van der Waals surface area contributed by atoms with Gasteiger partial charge in [-0.2, -0.15) is 0 Å². The molecule has 0 spiro atoms. The van der Waals surface area contributed by atoms with E-state index in [0.29, 0.717) is 27.7 Å². The summed E-state index contributed by atoms with van der Waals surface area (Å²) in [4.78, 5) is 12.7. The van der Waals surface area contributed by atoms with Crippen molar-refractivity contribution in [2.45, 2.75) is 6.92 Å². The van der Waals surface area contributed by atoms with Gasteiger partial charge >= 0.3 is 0 Å². The molecule has 126 valence electrons. The fraction of sp³-hybridized carbons (Fsp3) is 0.0526. The van der Waals surface area contributed by atoms with Crippen LogP contribution >= 0.6 is 11.6 Å². The molecule has 0 bridgehead atoms. The van der Waals surface area contributed by atoms with Crippen molar-refractivity contribution in [1.82, 2.24) is 5.16 Å². The third-order valence-electron chi connectivity index (χ3n) is 3.40. The van der Waals surface area contributed by atoms with Gasteiger partial charge in [-0.25, -0.2) is 0 Å². The zero-order valence-electron chi connectivity index (χ0n) is 13.5. The molecule has 1 aromatic heterocycles. The van der Waals surface area contributed by atoms with Crippen molar-refractivity contribution in [2.75, 3.05) is 10.6 Å². The lowest BCUT2D eigenvalue weighted by Gasteiger charge is -2.08. The minimum absolute atomic E-state index is 0.302. The van der Waals surface area contributed by atoms with Crippen LogP contribution in [0.4, 0.5) is 11.4 Å². The SMILES string of the molecule is Cc1cc(/C(=C\Nc2ccc(Cl)cc2)C(=O)Nc2ccccc2)on1. The number of nitrogens with zero attached hydrogens (tertiary/aromatic N) is 1. The van der Waals surface area contributed by atoms with Crippen LogP contribution in [0, 0.1) is 6.92 Å². The number of anilines is 2. The summed E-state index contributed by atoms with van der Waals surface area (Å²) < 4.78 is 5.25. The molecule has 2 aromatic carbocycles. The maximum atomic E-state index is 12.7. The highest BCUT2D eigenvalue weighted by Gasteiger charge is 2.17. The van der Waals surface area contributed by atoms with Gasteiger partial charge in [0.15, 0.2) is 5.76 Å². The highest BCUT2D eigenvalue weighted by molar-refractivity contribution is 6.30. The Morgan fingerprint density at radius 2 is 1.80 bits per heavy atom. The summed E-state index contributed by atoms with van der Waals surface area (Å²) in [6.07, 6.45) is 1.58. The topological polar surface area (TPSA) is 67.2 Å². The fourth-order valence-electron chi connectivity index (χ4n) is 2.16. The van der Waals surface area contributed by atoms with Gasteiger partial charge in [-0.15, -0.1) is 0 Å². The van der Waals surface area contributed by atoms with E-state index >= 15 is 0 Å². The van der Waals surface area contributed by atoms with Crippen molar-refractivity contribution < 1.29 is 9.32 Å². The molecule has 5 nitrogen and oxygen atoms in total. The molecule has 0 saturated heterocycles. The highest BCUT2D eigenvalue weighted by Crippen LogP contribution is 2.20. The van der Waals surface area contributed by atoms with Gasteiger partial charge in [0.05, 0.1) is 5.69 Å². The average molecular weight is 354 g/mol. The molecule has 3 aromatic rings. The molecule has 0 atom stereocenters. The second kappa shape index (κ2) is 7.68. The van der Waals surface area contributed by atoms with Crippen LogP contribution < -0.4 is 10.6 Å². The highest BCUT2D eigenvalue weighted by atomic mass is 35.5. The largest absolute Gasteiger partial charge is 0.361 e. The minimum Gasteiger partial charge on any atom is -0.361 e. The van der Waals surface area contributed by atoms with Crippen molar-refractivity contribution in [3.63, 3.8) is 0 Å². The van der Waals surface area contributed by atoms with Crippen molar-refractivity contribution >= 4 is 34.5 Å². The van der Waals surface area contributed by atoms with E-state index in [9.17, 15) is 4.79 Å². The molecule has 0 unspecified atom stereocenters. The van der Waals surface area contributed by atoms with E-state index in [4.69, 9.17) is 16.1 Å². The van der Waals surface area contributed by atoms with Crippen molar-refractivity contribution in [2.24, 2.45) is 0 Å². The summed E-state index contributed by atoms with van der Waals surface area (Å²) in [7, 11) is 0. The van der Waals surface area contributed by atoms with Crippen LogP contribution in [-0.2, 0) is 4.79 Å². The maximum Gasteiger partial charge on any atom is 0.261 e. The Morgan fingerprint density at radius 1 is 1.08 bits per heavy atom. The van der Waals surface area contributed by atoms with Gasteiger partial charge in [-0.05, 0) is 43.3 Å². The number of carbonyl (C=O) groups excluding carboxylic acids is 1. The molecule has 0 radical (unpaired) electrons. The van der Waals surface area contributed by atoms with Crippen molar-refractivity contribution in [1.29, 1.82) is 0 Å². The maximum absolute atomic E-state index is 12.7. The second-order valence-corrected chi connectivity index (χ2v) is 5.80. The minimum atomic E-state index is -0.302. The quantitative estimate of drug-likeness (QED) is 0.651. The molecule has 0 aliphatic carbocycles. The van der Waals surface area contributed by atoms with Crippen LogP contribution in [-0.4, -0.2) is 11.1 Å². The van der Waals surface area contributed by atoms with Crippen LogP contribution in [0.15, 0.2) is 71.4 Å². The Balaban J connectivity index is 1.85. The standard InChI is InChI=1S/C19H16ClN3O2/c1-13-11-18(25-23-13)17(12-21-15-9-7-14(20)8-10-15)19(24)22-16-5-3-2-4-6-16/h2-12,21H,1H3,(H,22,24)/b17-12+. The molecule has 6 heteroatoms. The first-order valence-corrected chi connectivity index (χ1v) is 8.02. The fourth-order valence-corrected chi connectivity index (χ4v) is 2.29. The summed E-state index contributed by atoms with van der Waals surface area (Å²) in [5.41, 5.74) is 2.52. The number of hydrogen-bond donors (Lipinski definition) is 2. The number of amides is 1. The Bertz CT molecular complexity index is 887. The van der Waals surface area contributed by atoms with Gasteiger partial charge in [0.1, 0.15) is 5.57 Å². The first-order chi connectivity index (χ1) is 12.1. The first kappa shape index (κ1) is 16.8. The van der Waals surface area contributed by atoms with E-state index in [1.807, 2.05) is 42.5 Å². The summed E-state index contributed by atoms with van der Waals surface area (Å²) in [6, 6.07) is 18.1. The number of carbonyl (C=O) groups is 1. The molecule has 0 fully saturated rings. The molecule has 1 heterocycles. The van der Waals surface area contributed by atoms with Crippen LogP contribution in [0.1, 0.15) is 11.5 Å². The van der Waals surface area contributed by atoms with E-state index < -0.39 is 0 Å². The Morgan fingerprint density at radius 3 is 2.44 bits per heavy atom. The number of aryl methyl sites for hydroxylation is 1. The Kier molecular flexibility index (Phi) is 5.16. The number of rotatable bonds is 5. The van der Waals surface area contributed by atoms with Gasteiger partial charge in [0.2, 0.25) is 0 Å². The van der Waals surface area contributed by atoms with E-state index in [1.54, 1.807) is 31.3 Å². The van der Waals surface area contributed by atoms with E-state index in [2.05, 4.69) is 15.8 Å². The van der Waals surface area contributed by atoms with Gasteiger partial charge in [0, 0.05) is 28.7 Å². The lowest BCUT2D eigenvalue weighted by molar-refractivity contribution is -0.111. The van der Waals surface area contributed by atoms with Crippen LogP contribution in [0.2, 0.25) is 5.02 Å². The monoisotopic (exact) mass is 353 g/mol. The van der Waals surface area contributed by atoms with Gasteiger partial charge in [-0.3, -0.25) is 4.79 Å². The molecular weight excluding hydrogens is 338 g/mol. The molecule has 0 aliphatic heterocycles. The molecular formula is C19H16ClN3O2. The molecule has 25 heavy (non-hydrogen) atoms. The summed E-state index contributed by atoms with van der Waals surface area (Å²) in [5, 5.41) is 10.4. The Hall–Kier alpha value is -3.05. The first-order valence-electron chi connectivity index (χ1n) is 7.64. The van der Waals surface area contributed by atoms with Crippen LogP contribution in [0.3, 0.4) is 0 Å².